The van der Waals surface area contributed by atoms with E-state index in [2.05, 4.69) is 22.3 Å². The van der Waals surface area contributed by atoms with Gasteiger partial charge in [-0.15, -0.1) is 0 Å². The molecule has 1 spiro atoms. The van der Waals surface area contributed by atoms with Crippen molar-refractivity contribution in [2.24, 2.45) is 0 Å². The standard InChI is InChI=1S/C21H34N2O3.C2H6.H3O2P/c1-22-17-7-10-21(11-8-19(25)9-12-21)23(14-17)18(15-24)13-16-3-5-20(26-2)6-4-16;1-2;1-3-2/h3-6,17-19,22,24-25H,7-15H2,1-2H3;1-2H3;1-3H/t17-,18?,19?,21?;;/m0../s1. The molecule has 1 aromatic rings. The first-order valence-electron chi connectivity index (χ1n) is 11.4. The van der Waals surface area contributed by atoms with Crippen molar-refractivity contribution < 1.29 is 24.7 Å². The fourth-order valence-electron chi connectivity index (χ4n) is 4.86. The van der Waals surface area contributed by atoms with E-state index in [0.717, 1.165) is 50.8 Å². The van der Waals surface area contributed by atoms with Gasteiger partial charge in [0, 0.05) is 24.2 Å². The number of aliphatic hydroxyl groups is 2. The van der Waals surface area contributed by atoms with Crippen molar-refractivity contribution in [2.45, 2.75) is 82.5 Å². The first kappa shape index (κ1) is 28.2. The van der Waals surface area contributed by atoms with Crippen molar-refractivity contribution >= 4 is 9.03 Å². The summed E-state index contributed by atoms with van der Waals surface area (Å²) in [5, 5.41) is 23.7. The number of hydrogen-bond acceptors (Lipinski definition) is 7. The molecule has 0 radical (unpaired) electrons. The zero-order valence-corrected chi connectivity index (χ0v) is 20.5. The van der Waals surface area contributed by atoms with Crippen LogP contribution >= 0.6 is 9.03 Å². The Morgan fingerprint density at radius 2 is 1.68 bits per heavy atom. The molecule has 1 saturated heterocycles. The van der Waals surface area contributed by atoms with Gasteiger partial charge in [0.25, 0.3) is 0 Å². The number of nitrogens with one attached hydrogen (secondary N) is 1. The average molecular weight is 459 g/mol. The average Bonchev–Trinajstić information content (AvgIpc) is 2.82. The molecule has 1 saturated carbocycles. The molecule has 31 heavy (non-hydrogen) atoms. The van der Waals surface area contributed by atoms with Gasteiger partial charge in [-0.2, -0.15) is 0 Å². The molecular weight excluding hydrogens is 415 g/mol. The highest BCUT2D eigenvalue weighted by molar-refractivity contribution is 7.23. The fraction of sp³-hybridized carbons (Fsp3) is 0.739. The van der Waals surface area contributed by atoms with Gasteiger partial charge < -0.3 is 30.1 Å². The van der Waals surface area contributed by atoms with E-state index in [9.17, 15) is 10.2 Å². The summed E-state index contributed by atoms with van der Waals surface area (Å²) in [6.07, 6.45) is 6.81. The first-order valence-corrected chi connectivity index (χ1v) is 12.3. The molecule has 0 bridgehead atoms. The molecule has 180 valence electrons. The van der Waals surface area contributed by atoms with Gasteiger partial charge in [-0.25, -0.2) is 0 Å². The number of likely N-dealkylation sites (tertiary alicyclic amines) is 1. The lowest BCUT2D eigenvalue weighted by molar-refractivity contribution is -0.0622. The van der Waals surface area contributed by atoms with Gasteiger partial charge in [-0.1, -0.05) is 26.0 Å². The Hall–Kier alpha value is -0.790. The normalized spacial score (nSPS) is 26.8. The van der Waals surface area contributed by atoms with Gasteiger partial charge in [0.2, 0.25) is 0 Å². The monoisotopic (exact) mass is 458 g/mol. The number of nitrogens with zero attached hydrogens (tertiary/aromatic N) is 1. The minimum absolute atomic E-state index is 0.106. The van der Waals surface area contributed by atoms with Gasteiger partial charge in [0.15, 0.2) is 0 Å². The van der Waals surface area contributed by atoms with E-state index in [-0.39, 0.29) is 24.3 Å². The Morgan fingerprint density at radius 3 is 2.16 bits per heavy atom. The SMILES string of the molecule is CC.CN[C@H]1CCC2(CCC(O)CC2)N(C(CO)Cc2ccc(OC)cc2)C1.OPO. The van der Waals surface area contributed by atoms with Crippen molar-refractivity contribution in [3.05, 3.63) is 29.8 Å². The largest absolute Gasteiger partial charge is 0.497 e. The number of aliphatic hydroxyl groups excluding tert-OH is 2. The molecular formula is C23H43N2O5P. The highest BCUT2D eigenvalue weighted by Crippen LogP contribution is 2.42. The summed E-state index contributed by atoms with van der Waals surface area (Å²) in [5.74, 6) is 0.861. The number of methoxy groups -OCH3 is 1. The minimum atomic E-state index is -0.917. The number of rotatable bonds is 6. The second-order valence-corrected chi connectivity index (χ2v) is 8.32. The maximum atomic E-state index is 10.2. The third kappa shape index (κ3) is 8.25. The van der Waals surface area contributed by atoms with Crippen molar-refractivity contribution in [1.29, 1.82) is 0 Å². The Bertz CT molecular complexity index is 582. The number of benzene rings is 1. The van der Waals surface area contributed by atoms with Crippen molar-refractivity contribution in [3.63, 3.8) is 0 Å². The van der Waals surface area contributed by atoms with Crippen LogP contribution in [0.5, 0.6) is 5.75 Å². The molecule has 1 aliphatic carbocycles. The van der Waals surface area contributed by atoms with Crippen LogP contribution in [0.1, 0.15) is 57.9 Å². The van der Waals surface area contributed by atoms with Crippen molar-refractivity contribution in [3.8, 4) is 5.75 Å². The Kier molecular flexibility index (Phi) is 13.8. The molecule has 3 rings (SSSR count). The summed E-state index contributed by atoms with van der Waals surface area (Å²) in [5.41, 5.74) is 1.36. The van der Waals surface area contributed by atoms with Crippen LogP contribution in [-0.2, 0) is 6.42 Å². The van der Waals surface area contributed by atoms with Crippen molar-refractivity contribution in [2.75, 3.05) is 27.3 Å². The predicted molar refractivity (Wildman–Crippen MR) is 128 cm³/mol. The van der Waals surface area contributed by atoms with Gasteiger partial charge in [-0.05, 0) is 69.7 Å². The lowest BCUT2D eigenvalue weighted by Gasteiger charge is -2.55. The lowest BCUT2D eigenvalue weighted by Crippen LogP contribution is -2.63. The van der Waals surface area contributed by atoms with Crippen LogP contribution in [0.25, 0.3) is 0 Å². The third-order valence-electron chi connectivity index (χ3n) is 6.56. The van der Waals surface area contributed by atoms with Gasteiger partial charge in [0.1, 0.15) is 14.8 Å². The van der Waals surface area contributed by atoms with E-state index >= 15 is 0 Å². The molecule has 1 heterocycles. The zero-order valence-electron chi connectivity index (χ0n) is 19.5. The first-order chi connectivity index (χ1) is 15.0. The quantitative estimate of drug-likeness (QED) is 0.417. The number of piperidine rings is 1. The van der Waals surface area contributed by atoms with Crippen molar-refractivity contribution in [1.82, 2.24) is 10.2 Å². The van der Waals surface area contributed by atoms with E-state index in [1.54, 1.807) is 7.11 Å². The summed E-state index contributed by atoms with van der Waals surface area (Å²) in [7, 11) is 2.79. The smallest absolute Gasteiger partial charge is 0.149 e. The maximum absolute atomic E-state index is 10.2. The summed E-state index contributed by atoms with van der Waals surface area (Å²) in [4.78, 5) is 16.9. The van der Waals surface area contributed by atoms with Crippen LogP contribution in [-0.4, -0.2) is 75.9 Å². The maximum Gasteiger partial charge on any atom is 0.149 e. The molecule has 2 aliphatic rings. The van der Waals surface area contributed by atoms with Crippen LogP contribution < -0.4 is 10.1 Å². The molecule has 8 heteroatoms. The predicted octanol–water partition coefficient (Wildman–Crippen LogP) is 2.46. The van der Waals surface area contributed by atoms with E-state index in [0.29, 0.717) is 6.04 Å². The molecule has 0 amide bonds. The second-order valence-electron chi connectivity index (χ2n) is 8.12. The van der Waals surface area contributed by atoms with Crippen LogP contribution in [0.4, 0.5) is 0 Å². The Morgan fingerprint density at radius 1 is 1.13 bits per heavy atom. The molecule has 5 N–H and O–H groups in total. The molecule has 1 aromatic carbocycles. The van der Waals surface area contributed by atoms with Gasteiger partial charge in [0.05, 0.1) is 19.8 Å². The van der Waals surface area contributed by atoms with Crippen LogP contribution in [0.15, 0.2) is 24.3 Å². The van der Waals surface area contributed by atoms with Crippen LogP contribution in [0.2, 0.25) is 0 Å². The Balaban J connectivity index is 0.000000884. The van der Waals surface area contributed by atoms with Crippen LogP contribution in [0.3, 0.4) is 0 Å². The summed E-state index contributed by atoms with van der Waals surface area (Å²) in [6.45, 7) is 5.13. The summed E-state index contributed by atoms with van der Waals surface area (Å²) < 4.78 is 5.25. The molecule has 2 atom stereocenters. The van der Waals surface area contributed by atoms with E-state index in [1.165, 1.54) is 12.0 Å². The number of hydrogen-bond donors (Lipinski definition) is 5. The zero-order chi connectivity index (χ0) is 23.3. The van der Waals surface area contributed by atoms with E-state index < -0.39 is 9.03 Å². The Labute approximate surface area is 189 Å². The topological polar surface area (TPSA) is 105 Å². The van der Waals surface area contributed by atoms with Crippen LogP contribution in [0, 0.1) is 0 Å². The molecule has 1 unspecified atom stereocenters. The number of likely N-dealkylation sites (N-methyl/N-ethyl adjacent to an activating group) is 1. The highest BCUT2D eigenvalue weighted by Gasteiger charge is 2.45. The minimum Gasteiger partial charge on any atom is -0.497 e. The number of ether oxygens (including phenoxy) is 1. The molecule has 1 aliphatic heterocycles. The third-order valence-corrected chi connectivity index (χ3v) is 6.56. The highest BCUT2D eigenvalue weighted by atomic mass is 31.1. The molecule has 0 aromatic heterocycles. The van der Waals surface area contributed by atoms with E-state index in [1.807, 2.05) is 33.0 Å². The van der Waals surface area contributed by atoms with E-state index in [4.69, 9.17) is 14.5 Å². The fourth-order valence-corrected chi connectivity index (χ4v) is 4.86. The van der Waals surface area contributed by atoms with Gasteiger partial charge in [-0.3, -0.25) is 4.90 Å². The molecule has 7 nitrogen and oxygen atoms in total. The second kappa shape index (κ2) is 15.1. The molecule has 2 fully saturated rings. The van der Waals surface area contributed by atoms with Gasteiger partial charge >= 0.3 is 0 Å². The lowest BCUT2D eigenvalue weighted by atomic mass is 9.72. The summed E-state index contributed by atoms with van der Waals surface area (Å²) >= 11 is 0. The summed E-state index contributed by atoms with van der Waals surface area (Å²) in [6, 6.07) is 8.75.